The van der Waals surface area contributed by atoms with E-state index in [9.17, 15) is 18.0 Å². The number of benzene rings is 3. The first kappa shape index (κ1) is 29.3. The molecule has 2 amide bonds. The lowest BCUT2D eigenvalue weighted by molar-refractivity contribution is 0.0595. The molecule has 39 heavy (non-hydrogen) atoms. The number of rotatable bonds is 12. The highest BCUT2D eigenvalue weighted by Gasteiger charge is 2.20. The molecule has 0 radical (unpaired) electrons. The minimum Gasteiger partial charge on any atom is -0.493 e. The minimum absolute atomic E-state index is 0.00548. The number of methoxy groups -OCH3 is 1. The lowest BCUT2D eigenvalue weighted by atomic mass is 10.1. The van der Waals surface area contributed by atoms with Gasteiger partial charge in [-0.3, -0.25) is 0 Å². The third kappa shape index (κ3) is 8.11. The van der Waals surface area contributed by atoms with Crippen molar-refractivity contribution < 1.29 is 37.0 Å². The lowest BCUT2D eigenvalue weighted by Gasteiger charge is -2.17. The second kappa shape index (κ2) is 13.5. The van der Waals surface area contributed by atoms with Gasteiger partial charge in [0.25, 0.3) is 0 Å². The van der Waals surface area contributed by atoms with Crippen molar-refractivity contribution in [3.05, 3.63) is 77.4 Å². The van der Waals surface area contributed by atoms with E-state index in [4.69, 9.17) is 18.9 Å². The number of hydrogen-bond acceptors (Lipinski definition) is 8. The summed E-state index contributed by atoms with van der Waals surface area (Å²) in [6.07, 6.45) is 1.09. The van der Waals surface area contributed by atoms with Crippen LogP contribution in [-0.4, -0.2) is 47.0 Å². The van der Waals surface area contributed by atoms with Crippen LogP contribution < -0.4 is 24.8 Å². The van der Waals surface area contributed by atoms with Crippen molar-refractivity contribution in [1.29, 1.82) is 0 Å². The zero-order valence-electron chi connectivity index (χ0n) is 22.3. The van der Waals surface area contributed by atoms with Gasteiger partial charge in [0.15, 0.2) is 9.84 Å². The molecule has 0 aliphatic heterocycles. The molecular weight excluding hydrogens is 524 g/mol. The SMILES string of the molecule is CCOc1cc(S(C)(=O)=O)c(OCC)cc1CNC(=O)Nc1ccc(OCc2ccccc2)c(C(=O)OC)c1. The molecule has 0 heterocycles. The molecule has 3 rings (SSSR count). The van der Waals surface area contributed by atoms with Gasteiger partial charge < -0.3 is 29.6 Å². The van der Waals surface area contributed by atoms with Gasteiger partial charge in [-0.15, -0.1) is 0 Å². The van der Waals surface area contributed by atoms with Gasteiger partial charge in [0, 0.05) is 30.1 Å². The Bertz CT molecular complexity index is 1410. The van der Waals surface area contributed by atoms with Gasteiger partial charge in [-0.2, -0.15) is 0 Å². The maximum atomic E-state index is 12.7. The molecule has 2 N–H and O–H groups in total. The van der Waals surface area contributed by atoms with Crippen molar-refractivity contribution in [2.24, 2.45) is 0 Å². The Morgan fingerprint density at radius 1 is 0.846 bits per heavy atom. The van der Waals surface area contributed by atoms with E-state index in [-0.39, 0.29) is 36.0 Å². The van der Waals surface area contributed by atoms with Gasteiger partial charge in [-0.25, -0.2) is 18.0 Å². The molecule has 0 spiro atoms. The van der Waals surface area contributed by atoms with E-state index < -0.39 is 21.8 Å². The number of urea groups is 1. The van der Waals surface area contributed by atoms with Gasteiger partial charge in [-0.1, -0.05) is 30.3 Å². The molecule has 0 aliphatic carbocycles. The van der Waals surface area contributed by atoms with E-state index in [1.165, 1.54) is 19.2 Å². The summed E-state index contributed by atoms with van der Waals surface area (Å²) < 4.78 is 46.3. The fourth-order valence-corrected chi connectivity index (χ4v) is 4.46. The van der Waals surface area contributed by atoms with Crippen LogP contribution in [0.5, 0.6) is 17.2 Å². The Morgan fingerprint density at radius 2 is 1.54 bits per heavy atom. The summed E-state index contributed by atoms with van der Waals surface area (Å²) in [5.41, 5.74) is 1.95. The zero-order chi connectivity index (χ0) is 28.4. The first-order valence-corrected chi connectivity index (χ1v) is 14.1. The highest BCUT2D eigenvalue weighted by atomic mass is 32.2. The van der Waals surface area contributed by atoms with Crippen LogP contribution >= 0.6 is 0 Å². The van der Waals surface area contributed by atoms with Crippen LogP contribution in [0, 0.1) is 0 Å². The Labute approximate surface area is 228 Å². The number of sulfone groups is 1. The van der Waals surface area contributed by atoms with Gasteiger partial charge >= 0.3 is 12.0 Å². The molecule has 3 aromatic rings. The highest BCUT2D eigenvalue weighted by molar-refractivity contribution is 7.90. The average molecular weight is 557 g/mol. The van der Waals surface area contributed by atoms with Gasteiger partial charge in [0.05, 0.1) is 20.3 Å². The van der Waals surface area contributed by atoms with Crippen LogP contribution in [0.4, 0.5) is 10.5 Å². The van der Waals surface area contributed by atoms with Crippen LogP contribution in [0.2, 0.25) is 0 Å². The first-order chi connectivity index (χ1) is 18.7. The first-order valence-electron chi connectivity index (χ1n) is 12.2. The molecule has 0 atom stereocenters. The predicted molar refractivity (Wildman–Crippen MR) is 146 cm³/mol. The van der Waals surface area contributed by atoms with E-state index in [1.54, 1.807) is 32.0 Å². The highest BCUT2D eigenvalue weighted by Crippen LogP contribution is 2.33. The van der Waals surface area contributed by atoms with Crippen LogP contribution in [0.3, 0.4) is 0 Å². The Kier molecular flexibility index (Phi) is 10.2. The van der Waals surface area contributed by atoms with Crippen LogP contribution in [0.15, 0.2) is 65.6 Å². The number of ether oxygens (including phenoxy) is 4. The normalized spacial score (nSPS) is 10.9. The Balaban J connectivity index is 1.75. The number of anilines is 1. The summed E-state index contributed by atoms with van der Waals surface area (Å²) in [6.45, 7) is 4.35. The van der Waals surface area contributed by atoms with Crippen LogP contribution in [-0.2, 0) is 27.7 Å². The molecule has 0 unspecified atom stereocenters. The lowest BCUT2D eigenvalue weighted by Crippen LogP contribution is -2.28. The molecule has 0 saturated carbocycles. The molecule has 10 nitrogen and oxygen atoms in total. The summed E-state index contributed by atoms with van der Waals surface area (Å²) in [4.78, 5) is 25.1. The molecular formula is C28H32N2O8S. The topological polar surface area (TPSA) is 129 Å². The maximum Gasteiger partial charge on any atom is 0.341 e. The standard InChI is InChI=1S/C28H32N2O8S/c1-5-36-24-16-26(39(4,33)34)25(37-6-2)14-20(24)17-29-28(32)30-21-12-13-23(22(15-21)27(31)35-3)38-18-19-10-8-7-9-11-19/h7-16H,5-6,17-18H2,1-4H3,(H2,29,30,32). The second-order valence-corrected chi connectivity index (χ2v) is 10.3. The van der Waals surface area contributed by atoms with Gasteiger partial charge in [0.2, 0.25) is 0 Å². The summed E-state index contributed by atoms with van der Waals surface area (Å²) in [5, 5.41) is 5.39. The number of hydrogen-bond donors (Lipinski definition) is 2. The van der Waals surface area contributed by atoms with Gasteiger partial charge in [0.1, 0.15) is 34.3 Å². The molecule has 208 valence electrons. The summed E-state index contributed by atoms with van der Waals surface area (Å²) >= 11 is 0. The number of nitrogens with one attached hydrogen (secondary N) is 2. The summed E-state index contributed by atoms with van der Waals surface area (Å²) in [6, 6.07) is 16.5. The Morgan fingerprint density at radius 3 is 2.18 bits per heavy atom. The smallest absolute Gasteiger partial charge is 0.341 e. The number of amides is 2. The maximum absolute atomic E-state index is 12.7. The van der Waals surface area contributed by atoms with E-state index in [2.05, 4.69) is 10.6 Å². The number of carbonyl (C=O) groups is 2. The van der Waals surface area contributed by atoms with E-state index in [0.29, 0.717) is 29.4 Å². The van der Waals surface area contributed by atoms with E-state index in [1.807, 2.05) is 30.3 Å². The number of carbonyl (C=O) groups excluding carboxylic acids is 2. The molecule has 3 aromatic carbocycles. The van der Waals surface area contributed by atoms with Crippen molar-refractivity contribution in [3.63, 3.8) is 0 Å². The van der Waals surface area contributed by atoms with Crippen LogP contribution in [0.1, 0.15) is 35.3 Å². The average Bonchev–Trinajstić information content (AvgIpc) is 2.91. The fraction of sp³-hybridized carbons (Fsp3) is 0.286. The van der Waals surface area contributed by atoms with Crippen molar-refractivity contribution in [2.45, 2.75) is 31.9 Å². The van der Waals surface area contributed by atoms with Crippen molar-refractivity contribution >= 4 is 27.5 Å². The minimum atomic E-state index is -3.57. The molecule has 0 saturated heterocycles. The largest absolute Gasteiger partial charge is 0.493 e. The Hall–Kier alpha value is -4.25. The van der Waals surface area contributed by atoms with Crippen molar-refractivity contribution in [2.75, 3.05) is 31.9 Å². The summed E-state index contributed by atoms with van der Waals surface area (Å²) in [5.74, 6) is 0.189. The second-order valence-electron chi connectivity index (χ2n) is 8.33. The van der Waals surface area contributed by atoms with E-state index >= 15 is 0 Å². The van der Waals surface area contributed by atoms with Gasteiger partial charge in [-0.05, 0) is 43.7 Å². The monoisotopic (exact) mass is 556 g/mol. The van der Waals surface area contributed by atoms with Crippen molar-refractivity contribution in [3.8, 4) is 17.2 Å². The molecule has 0 fully saturated rings. The zero-order valence-corrected chi connectivity index (χ0v) is 23.1. The number of esters is 1. The van der Waals surface area contributed by atoms with Crippen LogP contribution in [0.25, 0.3) is 0 Å². The fourth-order valence-electron chi connectivity index (χ4n) is 3.66. The predicted octanol–water partition coefficient (Wildman–Crippen LogP) is 4.57. The van der Waals surface area contributed by atoms with Crippen molar-refractivity contribution in [1.82, 2.24) is 5.32 Å². The molecule has 0 bridgehead atoms. The third-order valence-electron chi connectivity index (χ3n) is 5.45. The molecule has 0 aliphatic rings. The summed E-state index contributed by atoms with van der Waals surface area (Å²) in [7, 11) is -2.31. The molecule has 11 heteroatoms. The molecule has 0 aromatic heterocycles. The van der Waals surface area contributed by atoms with E-state index in [0.717, 1.165) is 11.8 Å². The third-order valence-corrected chi connectivity index (χ3v) is 6.56. The quantitative estimate of drug-likeness (QED) is 0.310.